The maximum Gasteiger partial charge on any atom is 0.397 e. The lowest BCUT2D eigenvalue weighted by molar-refractivity contribution is -0.150. The largest absolute Gasteiger partial charge is 0.491 e. The van der Waals surface area contributed by atoms with Gasteiger partial charge in [-0.1, -0.05) is 6.92 Å². The van der Waals surface area contributed by atoms with Crippen molar-refractivity contribution in [2.24, 2.45) is 11.8 Å². The van der Waals surface area contributed by atoms with Gasteiger partial charge in [-0.2, -0.15) is 13.2 Å². The van der Waals surface area contributed by atoms with Gasteiger partial charge < -0.3 is 19.7 Å². The second kappa shape index (κ2) is 10.9. The van der Waals surface area contributed by atoms with Crippen LogP contribution in [0.3, 0.4) is 0 Å². The summed E-state index contributed by atoms with van der Waals surface area (Å²) < 4.78 is 49.4. The molecule has 1 aliphatic carbocycles. The SMILES string of the molecule is CO[C@@H]1CN(C)C(=O)c2ccc(NC(=O)CC(F)(F)F)cc2OC[C@H](C)N(CC2CC2)C[C@@H]1C. The number of anilines is 1. The van der Waals surface area contributed by atoms with Crippen LogP contribution in [0.15, 0.2) is 18.2 Å². The molecule has 2 aliphatic rings. The van der Waals surface area contributed by atoms with Gasteiger partial charge in [-0.3, -0.25) is 14.5 Å². The summed E-state index contributed by atoms with van der Waals surface area (Å²) in [5.41, 5.74) is 0.418. The fourth-order valence-electron chi connectivity index (χ4n) is 4.20. The van der Waals surface area contributed by atoms with E-state index in [0.29, 0.717) is 19.1 Å². The number of carbonyl (C=O) groups excluding carboxylic acids is 2. The Bertz CT molecular complexity index is 876. The quantitative estimate of drug-likeness (QED) is 0.687. The lowest BCUT2D eigenvalue weighted by atomic mass is 10.0. The first-order chi connectivity index (χ1) is 16.0. The third-order valence-electron chi connectivity index (χ3n) is 6.41. The highest BCUT2D eigenvalue weighted by atomic mass is 19.4. The normalized spacial score (nSPS) is 25.1. The number of rotatable bonds is 5. The van der Waals surface area contributed by atoms with E-state index in [9.17, 15) is 22.8 Å². The van der Waals surface area contributed by atoms with Gasteiger partial charge in [0.15, 0.2) is 0 Å². The Labute approximate surface area is 198 Å². The number of methoxy groups -OCH3 is 1. The number of hydrogen-bond acceptors (Lipinski definition) is 5. The summed E-state index contributed by atoms with van der Waals surface area (Å²) in [7, 11) is 3.33. The van der Waals surface area contributed by atoms with Crippen molar-refractivity contribution in [1.29, 1.82) is 0 Å². The van der Waals surface area contributed by atoms with Gasteiger partial charge in [0.2, 0.25) is 5.91 Å². The fourth-order valence-corrected chi connectivity index (χ4v) is 4.20. The molecule has 0 bridgehead atoms. The number of alkyl halides is 3. The number of hydrogen-bond donors (Lipinski definition) is 1. The van der Waals surface area contributed by atoms with Crippen LogP contribution < -0.4 is 10.1 Å². The number of fused-ring (bicyclic) bond motifs is 1. The Hall–Kier alpha value is -2.33. The van der Waals surface area contributed by atoms with Gasteiger partial charge in [-0.05, 0) is 43.7 Å². The molecule has 3 atom stereocenters. The molecule has 1 N–H and O–H groups in total. The third kappa shape index (κ3) is 7.33. The molecular formula is C24H34F3N3O4. The van der Waals surface area contributed by atoms with Crippen molar-refractivity contribution in [3.05, 3.63) is 23.8 Å². The van der Waals surface area contributed by atoms with Crippen molar-refractivity contribution >= 4 is 17.5 Å². The van der Waals surface area contributed by atoms with E-state index in [1.54, 1.807) is 19.1 Å². The minimum Gasteiger partial charge on any atom is -0.491 e. The minimum absolute atomic E-state index is 0.0455. The number of benzene rings is 1. The molecule has 1 aromatic rings. The van der Waals surface area contributed by atoms with E-state index in [-0.39, 0.29) is 41.0 Å². The molecule has 1 saturated carbocycles. The van der Waals surface area contributed by atoms with Gasteiger partial charge in [0.25, 0.3) is 5.91 Å². The highest BCUT2D eigenvalue weighted by Gasteiger charge is 2.33. The molecule has 0 saturated heterocycles. The average Bonchev–Trinajstić information content (AvgIpc) is 3.56. The molecule has 1 aliphatic heterocycles. The third-order valence-corrected chi connectivity index (χ3v) is 6.41. The van der Waals surface area contributed by atoms with Gasteiger partial charge in [-0.15, -0.1) is 0 Å². The fraction of sp³-hybridized carbons (Fsp3) is 0.667. The molecule has 34 heavy (non-hydrogen) atoms. The average molecular weight is 486 g/mol. The zero-order chi connectivity index (χ0) is 25.0. The number of carbonyl (C=O) groups is 2. The topological polar surface area (TPSA) is 71.1 Å². The molecule has 0 spiro atoms. The van der Waals surface area contributed by atoms with Gasteiger partial charge in [0.1, 0.15) is 18.8 Å². The summed E-state index contributed by atoms with van der Waals surface area (Å²) in [4.78, 5) is 28.9. The standard InChI is InChI=1S/C24H34F3N3O4/c1-15-11-30(12-17-5-6-17)16(2)14-34-20-9-18(28-22(31)10-24(25,26)27)7-8-19(20)23(32)29(3)13-21(15)33-4/h7-9,15-17,21H,5-6,10-14H2,1-4H3,(H,28,31)/t15-,16-,21+/m0/s1. The monoisotopic (exact) mass is 485 g/mol. The number of likely N-dealkylation sites (N-methyl/N-ethyl adjacent to an activating group) is 1. The number of halogens is 3. The Morgan fingerprint density at radius 1 is 1.24 bits per heavy atom. The first-order valence-corrected chi connectivity index (χ1v) is 11.6. The van der Waals surface area contributed by atoms with Crippen LogP contribution in [0.2, 0.25) is 0 Å². The first kappa shape index (κ1) is 26.3. The molecule has 2 amide bonds. The number of nitrogens with zero attached hydrogens (tertiary/aromatic N) is 2. The first-order valence-electron chi connectivity index (χ1n) is 11.6. The van der Waals surface area contributed by atoms with E-state index in [1.165, 1.54) is 31.0 Å². The van der Waals surface area contributed by atoms with Crippen LogP contribution >= 0.6 is 0 Å². The van der Waals surface area contributed by atoms with E-state index in [1.807, 2.05) is 0 Å². The number of nitrogens with one attached hydrogen (secondary N) is 1. The van der Waals surface area contributed by atoms with Gasteiger partial charge in [0, 0.05) is 51.6 Å². The predicted octanol–water partition coefficient (Wildman–Crippen LogP) is 3.79. The van der Waals surface area contributed by atoms with Gasteiger partial charge in [-0.25, -0.2) is 0 Å². The molecule has 1 fully saturated rings. The molecule has 1 aromatic carbocycles. The minimum atomic E-state index is -4.61. The highest BCUT2D eigenvalue weighted by molar-refractivity contribution is 5.98. The molecule has 10 heteroatoms. The van der Waals surface area contributed by atoms with E-state index in [4.69, 9.17) is 9.47 Å². The van der Waals surface area contributed by atoms with E-state index < -0.39 is 18.5 Å². The number of amides is 2. The van der Waals surface area contributed by atoms with E-state index in [2.05, 4.69) is 24.1 Å². The maximum atomic E-state index is 13.2. The Morgan fingerprint density at radius 2 is 1.94 bits per heavy atom. The van der Waals surface area contributed by atoms with Crippen molar-refractivity contribution in [2.45, 2.75) is 51.4 Å². The molecule has 0 aromatic heterocycles. The smallest absolute Gasteiger partial charge is 0.397 e. The Morgan fingerprint density at radius 3 is 2.56 bits per heavy atom. The van der Waals surface area contributed by atoms with Crippen molar-refractivity contribution in [2.75, 3.05) is 45.7 Å². The van der Waals surface area contributed by atoms with Crippen molar-refractivity contribution < 1.29 is 32.2 Å². The summed E-state index contributed by atoms with van der Waals surface area (Å²) in [5.74, 6) is -0.380. The van der Waals surface area contributed by atoms with E-state index >= 15 is 0 Å². The van der Waals surface area contributed by atoms with Crippen molar-refractivity contribution in [3.63, 3.8) is 0 Å². The van der Waals surface area contributed by atoms with Gasteiger partial charge >= 0.3 is 6.18 Å². The molecule has 0 unspecified atom stereocenters. The predicted molar refractivity (Wildman–Crippen MR) is 122 cm³/mol. The highest BCUT2D eigenvalue weighted by Crippen LogP contribution is 2.32. The summed E-state index contributed by atoms with van der Waals surface area (Å²) in [6.07, 6.45) is -3.92. The second-order valence-electron chi connectivity index (χ2n) is 9.55. The van der Waals surface area contributed by atoms with Crippen molar-refractivity contribution in [1.82, 2.24) is 9.80 Å². The van der Waals surface area contributed by atoms with Crippen LogP contribution in [0, 0.1) is 11.8 Å². The van der Waals surface area contributed by atoms with Gasteiger partial charge in [0.05, 0.1) is 11.7 Å². The molecule has 3 rings (SSSR count). The summed E-state index contributed by atoms with van der Waals surface area (Å²) in [6.45, 7) is 6.61. The maximum absolute atomic E-state index is 13.2. The van der Waals surface area contributed by atoms with Crippen LogP contribution in [0.1, 0.15) is 43.5 Å². The Kier molecular flexibility index (Phi) is 8.46. The van der Waals surface area contributed by atoms with Crippen LogP contribution in [-0.4, -0.2) is 80.3 Å². The zero-order valence-corrected chi connectivity index (χ0v) is 20.2. The summed E-state index contributed by atoms with van der Waals surface area (Å²) in [5, 5.41) is 2.24. The van der Waals surface area contributed by atoms with Crippen LogP contribution in [0.25, 0.3) is 0 Å². The second-order valence-corrected chi connectivity index (χ2v) is 9.55. The molecule has 7 nitrogen and oxygen atoms in total. The Balaban J connectivity index is 1.87. The van der Waals surface area contributed by atoms with Crippen LogP contribution in [-0.2, 0) is 9.53 Å². The lowest BCUT2D eigenvalue weighted by Crippen LogP contribution is -2.47. The molecular weight excluding hydrogens is 451 g/mol. The molecule has 0 radical (unpaired) electrons. The van der Waals surface area contributed by atoms with E-state index in [0.717, 1.165) is 13.1 Å². The number of ether oxygens (including phenoxy) is 2. The summed E-state index contributed by atoms with van der Waals surface area (Å²) in [6, 6.07) is 4.34. The molecule has 190 valence electrons. The summed E-state index contributed by atoms with van der Waals surface area (Å²) >= 11 is 0. The van der Waals surface area contributed by atoms with Crippen LogP contribution in [0.4, 0.5) is 18.9 Å². The lowest BCUT2D eigenvalue weighted by Gasteiger charge is -2.36. The zero-order valence-electron chi connectivity index (χ0n) is 20.2. The van der Waals surface area contributed by atoms with Crippen molar-refractivity contribution in [3.8, 4) is 5.75 Å². The molecule has 1 heterocycles. The van der Waals surface area contributed by atoms with Crippen LogP contribution in [0.5, 0.6) is 5.75 Å².